The van der Waals surface area contributed by atoms with E-state index < -0.39 is 0 Å². The van der Waals surface area contributed by atoms with Crippen LogP contribution in [-0.4, -0.2) is 5.91 Å². The number of amides is 1. The van der Waals surface area contributed by atoms with E-state index >= 15 is 0 Å². The van der Waals surface area contributed by atoms with Crippen LogP contribution in [-0.2, 0) is 4.79 Å². The minimum Gasteiger partial charge on any atom is -0.330 e. The molecular formula is C7H11NO. The summed E-state index contributed by atoms with van der Waals surface area (Å²) in [5.41, 5.74) is 0.817. The molecule has 0 aliphatic carbocycles. The molecular weight excluding hydrogens is 114 g/mol. The number of carbonyl (C=O) groups excluding carboxylic acids is 1. The molecule has 1 N–H and O–H groups in total. The Labute approximate surface area is 55.3 Å². The van der Waals surface area contributed by atoms with Crippen molar-refractivity contribution in [2.24, 2.45) is 0 Å². The first-order chi connectivity index (χ1) is 4.16. The minimum atomic E-state index is -0.0504. The Bertz CT molecular complexity index is 147. The average molecular weight is 125 g/mol. The van der Waals surface area contributed by atoms with Gasteiger partial charge in [-0.2, -0.15) is 0 Å². The average Bonchev–Trinajstić information content (AvgIpc) is 1.63. The van der Waals surface area contributed by atoms with Gasteiger partial charge in [0.15, 0.2) is 0 Å². The normalized spacial score (nSPS) is 10.7. The Morgan fingerprint density at radius 3 is 2.44 bits per heavy atom. The summed E-state index contributed by atoms with van der Waals surface area (Å²) in [5.74, 6) is -0.0504. The highest BCUT2D eigenvalue weighted by Crippen LogP contribution is 1.84. The SMILES string of the molecule is C=CC=C(C)NC(C)=O. The molecule has 0 aliphatic heterocycles. The molecule has 0 bridgehead atoms. The zero-order chi connectivity index (χ0) is 7.28. The molecule has 0 heterocycles. The maximum Gasteiger partial charge on any atom is 0.220 e. The molecule has 0 spiro atoms. The van der Waals surface area contributed by atoms with Crippen molar-refractivity contribution in [2.45, 2.75) is 13.8 Å². The molecule has 0 saturated carbocycles. The van der Waals surface area contributed by atoms with Crippen molar-refractivity contribution in [1.29, 1.82) is 0 Å². The van der Waals surface area contributed by atoms with Gasteiger partial charge in [0.2, 0.25) is 5.91 Å². The van der Waals surface area contributed by atoms with E-state index in [-0.39, 0.29) is 5.91 Å². The first-order valence-corrected chi connectivity index (χ1v) is 2.73. The summed E-state index contributed by atoms with van der Waals surface area (Å²) in [6.07, 6.45) is 3.37. The Hall–Kier alpha value is -1.05. The van der Waals surface area contributed by atoms with E-state index in [0.29, 0.717) is 0 Å². The molecule has 0 aromatic carbocycles. The van der Waals surface area contributed by atoms with Gasteiger partial charge in [0.1, 0.15) is 0 Å². The number of nitrogens with one attached hydrogen (secondary N) is 1. The lowest BCUT2D eigenvalue weighted by Gasteiger charge is -1.97. The Balaban J connectivity index is 3.75. The van der Waals surface area contributed by atoms with E-state index in [1.807, 2.05) is 6.92 Å². The van der Waals surface area contributed by atoms with Crippen molar-refractivity contribution in [3.8, 4) is 0 Å². The largest absolute Gasteiger partial charge is 0.330 e. The van der Waals surface area contributed by atoms with E-state index in [4.69, 9.17) is 0 Å². The Morgan fingerprint density at radius 1 is 1.56 bits per heavy atom. The molecule has 2 heteroatoms. The van der Waals surface area contributed by atoms with Crippen LogP contribution in [0.1, 0.15) is 13.8 Å². The number of hydrogen-bond donors (Lipinski definition) is 1. The van der Waals surface area contributed by atoms with E-state index in [9.17, 15) is 4.79 Å². The maximum atomic E-state index is 10.3. The molecule has 9 heavy (non-hydrogen) atoms. The van der Waals surface area contributed by atoms with E-state index in [0.717, 1.165) is 5.70 Å². The van der Waals surface area contributed by atoms with Crippen LogP contribution < -0.4 is 5.32 Å². The third kappa shape index (κ3) is 4.81. The second-order valence-corrected chi connectivity index (χ2v) is 1.77. The zero-order valence-corrected chi connectivity index (χ0v) is 5.77. The van der Waals surface area contributed by atoms with Crippen molar-refractivity contribution in [1.82, 2.24) is 5.32 Å². The highest BCUT2D eigenvalue weighted by molar-refractivity contribution is 5.74. The maximum absolute atomic E-state index is 10.3. The second-order valence-electron chi connectivity index (χ2n) is 1.77. The highest BCUT2D eigenvalue weighted by atomic mass is 16.1. The monoisotopic (exact) mass is 125 g/mol. The smallest absolute Gasteiger partial charge is 0.220 e. The van der Waals surface area contributed by atoms with Gasteiger partial charge in [-0.15, -0.1) is 0 Å². The van der Waals surface area contributed by atoms with Gasteiger partial charge in [-0.05, 0) is 13.0 Å². The molecule has 0 fully saturated rings. The van der Waals surface area contributed by atoms with Gasteiger partial charge < -0.3 is 5.32 Å². The van der Waals surface area contributed by atoms with Gasteiger partial charge in [0, 0.05) is 12.6 Å². The number of allylic oxidation sites excluding steroid dienone is 3. The Morgan fingerprint density at radius 2 is 2.11 bits per heavy atom. The first-order valence-electron chi connectivity index (χ1n) is 2.73. The predicted octanol–water partition coefficient (Wildman–Crippen LogP) is 1.21. The van der Waals surface area contributed by atoms with E-state index in [1.54, 1.807) is 12.2 Å². The predicted molar refractivity (Wildman–Crippen MR) is 37.8 cm³/mol. The molecule has 0 rings (SSSR count). The number of rotatable bonds is 2. The number of carbonyl (C=O) groups is 1. The second kappa shape index (κ2) is 3.89. The third-order valence-corrected chi connectivity index (χ3v) is 0.741. The van der Waals surface area contributed by atoms with Crippen LogP contribution in [0.5, 0.6) is 0 Å². The highest BCUT2D eigenvalue weighted by Gasteiger charge is 1.87. The number of hydrogen-bond acceptors (Lipinski definition) is 1. The van der Waals surface area contributed by atoms with Gasteiger partial charge in [-0.1, -0.05) is 12.7 Å². The molecule has 0 saturated heterocycles. The lowest BCUT2D eigenvalue weighted by molar-refractivity contribution is -0.118. The van der Waals surface area contributed by atoms with Crippen LogP contribution in [0.25, 0.3) is 0 Å². The minimum absolute atomic E-state index is 0.0504. The van der Waals surface area contributed by atoms with Crippen LogP contribution in [0.3, 0.4) is 0 Å². The van der Waals surface area contributed by atoms with Gasteiger partial charge in [0.05, 0.1) is 0 Å². The molecule has 0 aliphatic rings. The van der Waals surface area contributed by atoms with Gasteiger partial charge in [0.25, 0.3) is 0 Å². The van der Waals surface area contributed by atoms with Crippen molar-refractivity contribution >= 4 is 5.91 Å². The van der Waals surface area contributed by atoms with Gasteiger partial charge >= 0.3 is 0 Å². The summed E-state index contributed by atoms with van der Waals surface area (Å²) >= 11 is 0. The van der Waals surface area contributed by atoms with Gasteiger partial charge in [-0.25, -0.2) is 0 Å². The molecule has 0 aromatic heterocycles. The van der Waals surface area contributed by atoms with Gasteiger partial charge in [-0.3, -0.25) is 4.79 Å². The fourth-order valence-corrected chi connectivity index (χ4v) is 0.496. The molecule has 0 radical (unpaired) electrons. The molecule has 0 atom stereocenters. The van der Waals surface area contributed by atoms with Crippen LogP contribution in [0.15, 0.2) is 24.4 Å². The van der Waals surface area contributed by atoms with Crippen molar-refractivity contribution in [3.05, 3.63) is 24.4 Å². The summed E-state index contributed by atoms with van der Waals surface area (Å²) in [6, 6.07) is 0. The molecule has 0 unspecified atom stereocenters. The summed E-state index contributed by atoms with van der Waals surface area (Å²) in [6.45, 7) is 6.76. The van der Waals surface area contributed by atoms with Crippen LogP contribution in [0.2, 0.25) is 0 Å². The fraction of sp³-hybridized carbons (Fsp3) is 0.286. The summed E-state index contributed by atoms with van der Waals surface area (Å²) < 4.78 is 0. The van der Waals surface area contributed by atoms with Crippen molar-refractivity contribution in [2.75, 3.05) is 0 Å². The van der Waals surface area contributed by atoms with E-state index in [1.165, 1.54) is 6.92 Å². The van der Waals surface area contributed by atoms with Crippen LogP contribution in [0, 0.1) is 0 Å². The topological polar surface area (TPSA) is 29.1 Å². The standard InChI is InChI=1S/C7H11NO/c1-4-5-6(2)8-7(3)9/h4-5H,1H2,2-3H3,(H,8,9). The molecule has 50 valence electrons. The zero-order valence-electron chi connectivity index (χ0n) is 5.77. The molecule has 1 amide bonds. The lowest BCUT2D eigenvalue weighted by Crippen LogP contribution is -2.16. The Kier molecular flexibility index (Phi) is 3.44. The van der Waals surface area contributed by atoms with Crippen molar-refractivity contribution in [3.63, 3.8) is 0 Å². The first kappa shape index (κ1) is 7.95. The van der Waals surface area contributed by atoms with Crippen LogP contribution >= 0.6 is 0 Å². The third-order valence-electron chi connectivity index (χ3n) is 0.741. The lowest BCUT2D eigenvalue weighted by atomic mass is 10.4. The summed E-state index contributed by atoms with van der Waals surface area (Å²) in [5, 5.41) is 2.59. The fourth-order valence-electron chi connectivity index (χ4n) is 0.496. The summed E-state index contributed by atoms with van der Waals surface area (Å²) in [7, 11) is 0. The van der Waals surface area contributed by atoms with Crippen LogP contribution in [0.4, 0.5) is 0 Å². The molecule has 2 nitrogen and oxygen atoms in total. The van der Waals surface area contributed by atoms with Crippen molar-refractivity contribution < 1.29 is 4.79 Å². The molecule has 0 aromatic rings. The quantitative estimate of drug-likeness (QED) is 0.552. The van der Waals surface area contributed by atoms with E-state index in [2.05, 4.69) is 11.9 Å². The summed E-state index contributed by atoms with van der Waals surface area (Å²) in [4.78, 5) is 10.3.